The topological polar surface area (TPSA) is 101 Å². The van der Waals surface area contributed by atoms with Crippen molar-refractivity contribution in [2.24, 2.45) is 11.8 Å². The third-order valence-electron chi connectivity index (χ3n) is 3.65. The number of H-pyrrole nitrogens is 1. The lowest BCUT2D eigenvalue weighted by molar-refractivity contribution is -0.119. The van der Waals surface area contributed by atoms with Crippen LogP contribution in [0.4, 0.5) is 11.5 Å². The number of aromatic amines is 1. The average Bonchev–Trinajstić information content (AvgIpc) is 2.45. The Hall–Kier alpha value is -2.05. The first kappa shape index (κ1) is 20.0. The maximum atomic E-state index is 12.6. The second-order valence-corrected chi connectivity index (χ2v) is 6.99. The largest absolute Gasteiger partial charge is 0.383 e. The van der Waals surface area contributed by atoms with Crippen molar-refractivity contribution in [3.05, 3.63) is 20.8 Å². The van der Waals surface area contributed by atoms with E-state index >= 15 is 0 Å². The maximum absolute atomic E-state index is 12.6. The number of carbonyl (C=O) groups excluding carboxylic acids is 1. The molecule has 0 aliphatic heterocycles. The molecule has 0 aliphatic carbocycles. The molecule has 3 N–H and O–H groups in total. The Morgan fingerprint density at radius 2 is 1.83 bits per heavy atom. The standard InChI is InChI=1S/C17H30N4O3/c1-6-7-8-20(13(22)9-11(2)3)14-15(18)21(10-12(4)5)17(24)19-16(14)23/h11-12H,6-10,18H2,1-5H3,(H,19,23,24). The van der Waals surface area contributed by atoms with E-state index in [-0.39, 0.29) is 29.2 Å². The number of amides is 1. The number of nitrogens with zero attached hydrogens (tertiary/aromatic N) is 2. The molecular weight excluding hydrogens is 308 g/mol. The van der Waals surface area contributed by atoms with Gasteiger partial charge in [0.1, 0.15) is 5.82 Å². The number of unbranched alkanes of at least 4 members (excludes halogenated alkanes) is 1. The Kier molecular flexibility index (Phi) is 7.25. The molecule has 1 aromatic heterocycles. The summed E-state index contributed by atoms with van der Waals surface area (Å²) in [4.78, 5) is 40.8. The van der Waals surface area contributed by atoms with Crippen LogP contribution in [-0.4, -0.2) is 22.0 Å². The molecule has 0 aromatic carbocycles. The molecule has 0 fully saturated rings. The van der Waals surface area contributed by atoms with Crippen molar-refractivity contribution in [1.82, 2.24) is 9.55 Å². The summed E-state index contributed by atoms with van der Waals surface area (Å²) in [6, 6.07) is 0. The first-order valence-electron chi connectivity index (χ1n) is 8.61. The molecule has 0 saturated carbocycles. The summed E-state index contributed by atoms with van der Waals surface area (Å²) in [5, 5.41) is 0. The zero-order chi connectivity index (χ0) is 18.4. The van der Waals surface area contributed by atoms with Gasteiger partial charge in [-0.1, -0.05) is 41.0 Å². The molecule has 0 radical (unpaired) electrons. The minimum Gasteiger partial charge on any atom is -0.383 e. The van der Waals surface area contributed by atoms with E-state index in [9.17, 15) is 14.4 Å². The molecule has 7 nitrogen and oxygen atoms in total. The van der Waals surface area contributed by atoms with E-state index in [1.54, 1.807) is 0 Å². The van der Waals surface area contributed by atoms with Gasteiger partial charge in [0.25, 0.3) is 5.56 Å². The Balaban J connectivity index is 3.43. The number of nitrogen functional groups attached to an aromatic ring is 1. The summed E-state index contributed by atoms with van der Waals surface area (Å²) in [7, 11) is 0. The van der Waals surface area contributed by atoms with Crippen molar-refractivity contribution in [3.63, 3.8) is 0 Å². The predicted octanol–water partition coefficient (Wildman–Crippen LogP) is 1.95. The summed E-state index contributed by atoms with van der Waals surface area (Å²) in [6.45, 7) is 10.6. The Morgan fingerprint density at radius 1 is 1.21 bits per heavy atom. The van der Waals surface area contributed by atoms with Gasteiger partial charge in [-0.05, 0) is 18.3 Å². The molecule has 1 heterocycles. The van der Waals surface area contributed by atoms with Gasteiger partial charge in [-0.2, -0.15) is 0 Å². The third kappa shape index (κ3) is 4.97. The van der Waals surface area contributed by atoms with Crippen LogP contribution in [0.5, 0.6) is 0 Å². The molecule has 0 unspecified atom stereocenters. The zero-order valence-electron chi connectivity index (χ0n) is 15.4. The van der Waals surface area contributed by atoms with Crippen molar-refractivity contribution in [3.8, 4) is 0 Å². The molecule has 7 heteroatoms. The highest BCUT2D eigenvalue weighted by Crippen LogP contribution is 2.20. The van der Waals surface area contributed by atoms with Crippen molar-refractivity contribution in [2.45, 2.75) is 60.4 Å². The molecule has 0 aliphatic rings. The van der Waals surface area contributed by atoms with E-state index in [4.69, 9.17) is 5.73 Å². The number of carbonyl (C=O) groups is 1. The molecule has 1 rings (SSSR count). The van der Waals surface area contributed by atoms with Crippen LogP contribution in [0.1, 0.15) is 53.9 Å². The van der Waals surface area contributed by atoms with Gasteiger partial charge >= 0.3 is 5.69 Å². The molecule has 24 heavy (non-hydrogen) atoms. The molecule has 0 saturated heterocycles. The minimum absolute atomic E-state index is 0.0608. The quantitative estimate of drug-likeness (QED) is 0.756. The normalized spacial score (nSPS) is 11.3. The number of hydrogen-bond acceptors (Lipinski definition) is 4. The molecule has 0 spiro atoms. The van der Waals surface area contributed by atoms with E-state index in [0.29, 0.717) is 19.5 Å². The second kappa shape index (κ2) is 8.70. The highest BCUT2D eigenvalue weighted by Gasteiger charge is 2.24. The number of aromatic nitrogens is 2. The number of nitrogens with one attached hydrogen (secondary N) is 1. The Bertz CT molecular complexity index is 673. The van der Waals surface area contributed by atoms with Crippen LogP contribution in [0, 0.1) is 11.8 Å². The van der Waals surface area contributed by atoms with E-state index < -0.39 is 11.2 Å². The van der Waals surface area contributed by atoms with E-state index in [1.807, 2.05) is 34.6 Å². The van der Waals surface area contributed by atoms with Crippen LogP contribution in [0.3, 0.4) is 0 Å². The summed E-state index contributed by atoms with van der Waals surface area (Å²) < 4.78 is 1.34. The van der Waals surface area contributed by atoms with Crippen LogP contribution in [0.15, 0.2) is 9.59 Å². The predicted molar refractivity (Wildman–Crippen MR) is 97.3 cm³/mol. The van der Waals surface area contributed by atoms with Crippen molar-refractivity contribution < 1.29 is 4.79 Å². The molecule has 0 atom stereocenters. The monoisotopic (exact) mass is 338 g/mol. The van der Waals surface area contributed by atoms with Gasteiger partial charge in [0.15, 0.2) is 5.69 Å². The van der Waals surface area contributed by atoms with Gasteiger partial charge in [-0.3, -0.25) is 19.1 Å². The summed E-state index contributed by atoms with van der Waals surface area (Å²) in [5.74, 6) is 0.263. The summed E-state index contributed by atoms with van der Waals surface area (Å²) in [6.07, 6.45) is 1.97. The Morgan fingerprint density at radius 3 is 2.33 bits per heavy atom. The summed E-state index contributed by atoms with van der Waals surface area (Å²) >= 11 is 0. The summed E-state index contributed by atoms with van der Waals surface area (Å²) in [5.41, 5.74) is 5.07. The highest BCUT2D eigenvalue weighted by molar-refractivity contribution is 5.95. The fraction of sp³-hybridized carbons (Fsp3) is 0.706. The van der Waals surface area contributed by atoms with Gasteiger partial charge in [-0.15, -0.1) is 0 Å². The van der Waals surface area contributed by atoms with Crippen molar-refractivity contribution in [1.29, 1.82) is 0 Å². The van der Waals surface area contributed by atoms with Gasteiger partial charge in [0.05, 0.1) is 0 Å². The molecular formula is C17H30N4O3. The molecule has 0 bridgehead atoms. The number of rotatable bonds is 8. The number of anilines is 2. The van der Waals surface area contributed by atoms with E-state index in [2.05, 4.69) is 4.98 Å². The minimum atomic E-state index is -0.606. The average molecular weight is 338 g/mol. The Labute approximate surface area is 142 Å². The van der Waals surface area contributed by atoms with Crippen LogP contribution < -0.4 is 21.9 Å². The third-order valence-corrected chi connectivity index (χ3v) is 3.65. The molecule has 1 amide bonds. The fourth-order valence-corrected chi connectivity index (χ4v) is 2.52. The number of nitrogens with two attached hydrogens (primary N) is 1. The van der Waals surface area contributed by atoms with Crippen LogP contribution in [0.25, 0.3) is 0 Å². The van der Waals surface area contributed by atoms with Crippen LogP contribution in [-0.2, 0) is 11.3 Å². The lowest BCUT2D eigenvalue weighted by atomic mass is 10.1. The van der Waals surface area contributed by atoms with E-state index in [0.717, 1.165) is 12.8 Å². The van der Waals surface area contributed by atoms with Crippen molar-refractivity contribution >= 4 is 17.4 Å². The van der Waals surface area contributed by atoms with Gasteiger partial charge in [0.2, 0.25) is 5.91 Å². The van der Waals surface area contributed by atoms with Crippen molar-refractivity contribution in [2.75, 3.05) is 17.2 Å². The first-order valence-corrected chi connectivity index (χ1v) is 8.61. The van der Waals surface area contributed by atoms with Crippen LogP contribution in [0.2, 0.25) is 0 Å². The van der Waals surface area contributed by atoms with Gasteiger partial charge < -0.3 is 10.6 Å². The number of hydrogen-bond donors (Lipinski definition) is 2. The van der Waals surface area contributed by atoms with E-state index in [1.165, 1.54) is 9.47 Å². The zero-order valence-corrected chi connectivity index (χ0v) is 15.4. The fourth-order valence-electron chi connectivity index (χ4n) is 2.52. The highest BCUT2D eigenvalue weighted by atomic mass is 16.2. The van der Waals surface area contributed by atoms with Gasteiger partial charge in [0, 0.05) is 19.5 Å². The van der Waals surface area contributed by atoms with Crippen LogP contribution >= 0.6 is 0 Å². The molecule has 136 valence electrons. The lowest BCUT2D eigenvalue weighted by Crippen LogP contribution is -2.42. The second-order valence-electron chi connectivity index (χ2n) is 6.99. The first-order chi connectivity index (χ1) is 11.2. The molecule has 1 aromatic rings. The van der Waals surface area contributed by atoms with Gasteiger partial charge in [-0.25, -0.2) is 4.79 Å². The maximum Gasteiger partial charge on any atom is 0.330 e. The lowest BCUT2D eigenvalue weighted by Gasteiger charge is -2.25. The smallest absolute Gasteiger partial charge is 0.330 e. The SMILES string of the molecule is CCCCN(C(=O)CC(C)C)c1c(N)n(CC(C)C)c(=O)[nH]c1=O.